The molecule has 152 valence electrons. The Hall–Kier alpha value is -2.87. The predicted octanol–water partition coefficient (Wildman–Crippen LogP) is 5.26. The van der Waals surface area contributed by atoms with Gasteiger partial charge in [0.05, 0.1) is 0 Å². The van der Waals surface area contributed by atoms with Gasteiger partial charge in [0.15, 0.2) is 6.04 Å². The monoisotopic (exact) mass is 513 g/mol. The summed E-state index contributed by atoms with van der Waals surface area (Å²) in [5, 5.41) is 12.2. The molecule has 0 bridgehead atoms. The molecule has 0 spiro atoms. The molecule has 0 radical (unpaired) electrons. The van der Waals surface area contributed by atoms with Crippen molar-refractivity contribution in [1.29, 1.82) is 0 Å². The lowest BCUT2D eigenvalue weighted by molar-refractivity contribution is -0.139. The SMILES string of the molecule is Cc1ccc(I)cc1C(NC(=O)OCC1c2ccccc2-c2ccccc21)C(=O)O. The zero-order valence-electron chi connectivity index (χ0n) is 16.3. The van der Waals surface area contributed by atoms with Crippen LogP contribution < -0.4 is 5.32 Å². The molecule has 1 aliphatic rings. The largest absolute Gasteiger partial charge is 0.479 e. The van der Waals surface area contributed by atoms with Crippen LogP contribution in [0.1, 0.15) is 34.2 Å². The van der Waals surface area contributed by atoms with Crippen LogP contribution in [0.3, 0.4) is 0 Å². The molecule has 0 heterocycles. The minimum absolute atomic E-state index is 0.0779. The highest BCUT2D eigenvalue weighted by Crippen LogP contribution is 2.44. The molecule has 5 nitrogen and oxygen atoms in total. The van der Waals surface area contributed by atoms with E-state index in [9.17, 15) is 14.7 Å². The average Bonchev–Trinajstić information content (AvgIpc) is 3.06. The molecule has 6 heteroatoms. The van der Waals surface area contributed by atoms with Crippen LogP contribution in [-0.2, 0) is 9.53 Å². The Labute approximate surface area is 188 Å². The van der Waals surface area contributed by atoms with Gasteiger partial charge in [0.2, 0.25) is 0 Å². The van der Waals surface area contributed by atoms with Crippen LogP contribution in [0.15, 0.2) is 66.7 Å². The number of fused-ring (bicyclic) bond motifs is 3. The van der Waals surface area contributed by atoms with Gasteiger partial charge in [0.1, 0.15) is 6.61 Å². The summed E-state index contributed by atoms with van der Waals surface area (Å²) in [6, 6.07) is 20.5. The highest BCUT2D eigenvalue weighted by atomic mass is 127. The quantitative estimate of drug-likeness (QED) is 0.457. The third kappa shape index (κ3) is 3.92. The van der Waals surface area contributed by atoms with E-state index in [0.717, 1.165) is 31.4 Å². The van der Waals surface area contributed by atoms with Gasteiger partial charge >= 0.3 is 12.1 Å². The Morgan fingerprint density at radius 3 is 2.23 bits per heavy atom. The van der Waals surface area contributed by atoms with E-state index in [1.807, 2.05) is 55.5 Å². The summed E-state index contributed by atoms with van der Waals surface area (Å²) in [4.78, 5) is 24.3. The Kier molecular flexibility index (Phi) is 5.76. The Bertz CT molecular complexity index is 1080. The Morgan fingerprint density at radius 1 is 1.03 bits per heavy atom. The number of carboxylic acid groups (broad SMARTS) is 1. The molecule has 1 aliphatic carbocycles. The summed E-state index contributed by atoms with van der Waals surface area (Å²) in [7, 11) is 0. The number of aryl methyl sites for hydroxylation is 1. The van der Waals surface area contributed by atoms with Gasteiger partial charge in [-0.3, -0.25) is 0 Å². The third-order valence-corrected chi connectivity index (χ3v) is 6.08. The zero-order valence-corrected chi connectivity index (χ0v) is 18.4. The number of hydrogen-bond acceptors (Lipinski definition) is 3. The minimum atomic E-state index is -1.17. The minimum Gasteiger partial charge on any atom is -0.479 e. The van der Waals surface area contributed by atoms with Gasteiger partial charge in [-0.05, 0) is 75.0 Å². The first-order valence-corrected chi connectivity index (χ1v) is 10.6. The lowest BCUT2D eigenvalue weighted by Gasteiger charge is -2.19. The van der Waals surface area contributed by atoms with Crippen molar-refractivity contribution in [2.45, 2.75) is 18.9 Å². The highest BCUT2D eigenvalue weighted by molar-refractivity contribution is 14.1. The zero-order chi connectivity index (χ0) is 21.3. The van der Waals surface area contributed by atoms with Gasteiger partial charge in [-0.1, -0.05) is 54.6 Å². The molecule has 0 saturated carbocycles. The van der Waals surface area contributed by atoms with E-state index in [4.69, 9.17) is 4.74 Å². The number of halogens is 1. The molecule has 0 aliphatic heterocycles. The normalized spacial score (nSPS) is 13.3. The number of ether oxygens (including phenoxy) is 1. The summed E-state index contributed by atoms with van der Waals surface area (Å²) in [5.74, 6) is -1.21. The highest BCUT2D eigenvalue weighted by Gasteiger charge is 2.30. The molecular formula is C24H20INO4. The fourth-order valence-electron chi connectivity index (χ4n) is 3.95. The smallest absolute Gasteiger partial charge is 0.408 e. The van der Waals surface area contributed by atoms with Crippen LogP contribution in [-0.4, -0.2) is 23.8 Å². The van der Waals surface area contributed by atoms with Gasteiger partial charge in [0.25, 0.3) is 0 Å². The summed E-state index contributed by atoms with van der Waals surface area (Å²) in [6.07, 6.45) is -0.748. The van der Waals surface area contributed by atoms with E-state index in [-0.39, 0.29) is 12.5 Å². The van der Waals surface area contributed by atoms with Gasteiger partial charge in [-0.15, -0.1) is 0 Å². The van der Waals surface area contributed by atoms with Crippen LogP contribution >= 0.6 is 22.6 Å². The number of amides is 1. The fourth-order valence-corrected chi connectivity index (χ4v) is 4.47. The van der Waals surface area contributed by atoms with E-state index in [1.54, 1.807) is 6.07 Å². The third-order valence-electron chi connectivity index (χ3n) is 5.41. The van der Waals surface area contributed by atoms with Gasteiger partial charge in [0, 0.05) is 9.49 Å². The van der Waals surface area contributed by atoms with Crippen molar-refractivity contribution in [3.05, 3.63) is 92.6 Å². The molecule has 1 amide bonds. The first kappa shape index (κ1) is 20.4. The fraction of sp³-hybridized carbons (Fsp3) is 0.167. The number of benzene rings is 3. The van der Waals surface area contributed by atoms with Gasteiger partial charge < -0.3 is 15.2 Å². The molecule has 1 atom stereocenters. The van der Waals surface area contributed by atoms with Crippen molar-refractivity contribution in [3.8, 4) is 11.1 Å². The molecule has 2 N–H and O–H groups in total. The first-order valence-electron chi connectivity index (χ1n) is 9.56. The molecule has 0 fully saturated rings. The number of nitrogens with one attached hydrogen (secondary N) is 1. The maximum Gasteiger partial charge on any atom is 0.408 e. The second-order valence-electron chi connectivity index (χ2n) is 7.24. The first-order chi connectivity index (χ1) is 14.5. The predicted molar refractivity (Wildman–Crippen MR) is 122 cm³/mol. The molecule has 3 aromatic rings. The molecule has 30 heavy (non-hydrogen) atoms. The Morgan fingerprint density at radius 2 is 1.63 bits per heavy atom. The summed E-state index contributed by atoms with van der Waals surface area (Å²) in [5.41, 5.74) is 5.83. The van der Waals surface area contributed by atoms with E-state index >= 15 is 0 Å². The van der Waals surface area contributed by atoms with Crippen LogP contribution in [0.5, 0.6) is 0 Å². The summed E-state index contributed by atoms with van der Waals surface area (Å²) < 4.78 is 6.39. The van der Waals surface area contributed by atoms with Crippen molar-refractivity contribution >= 4 is 34.7 Å². The topological polar surface area (TPSA) is 75.6 Å². The summed E-state index contributed by atoms with van der Waals surface area (Å²) >= 11 is 2.12. The summed E-state index contributed by atoms with van der Waals surface area (Å²) in [6.45, 7) is 1.96. The molecule has 0 aromatic heterocycles. The molecule has 4 rings (SSSR count). The number of hydrogen-bond donors (Lipinski definition) is 2. The van der Waals surface area contributed by atoms with Crippen LogP contribution in [0.2, 0.25) is 0 Å². The second kappa shape index (κ2) is 8.47. The standard InChI is InChI=1S/C24H20INO4/c1-14-10-11-15(25)12-20(14)22(23(27)28)26-24(29)30-13-21-18-8-4-2-6-16(18)17-7-3-5-9-19(17)21/h2-12,21-22H,13H2,1H3,(H,26,29)(H,27,28). The number of carbonyl (C=O) groups is 2. The van der Waals surface area contributed by atoms with Gasteiger partial charge in [-0.2, -0.15) is 0 Å². The van der Waals surface area contributed by atoms with Crippen LogP contribution in [0.4, 0.5) is 4.79 Å². The number of alkyl carbamates (subject to hydrolysis) is 1. The number of rotatable bonds is 5. The van der Waals surface area contributed by atoms with Crippen molar-refractivity contribution < 1.29 is 19.4 Å². The molecular weight excluding hydrogens is 493 g/mol. The van der Waals surface area contributed by atoms with Crippen molar-refractivity contribution in [3.63, 3.8) is 0 Å². The maximum atomic E-state index is 12.5. The number of carbonyl (C=O) groups excluding carboxylic acids is 1. The van der Waals surface area contributed by atoms with E-state index in [2.05, 4.69) is 40.0 Å². The molecule has 0 saturated heterocycles. The van der Waals surface area contributed by atoms with E-state index in [1.165, 1.54) is 0 Å². The van der Waals surface area contributed by atoms with Crippen LogP contribution in [0, 0.1) is 10.5 Å². The van der Waals surface area contributed by atoms with Crippen molar-refractivity contribution in [2.24, 2.45) is 0 Å². The molecule has 3 aromatic carbocycles. The van der Waals surface area contributed by atoms with Crippen LogP contribution in [0.25, 0.3) is 11.1 Å². The lowest BCUT2D eigenvalue weighted by atomic mass is 9.98. The lowest BCUT2D eigenvalue weighted by Crippen LogP contribution is -2.35. The van der Waals surface area contributed by atoms with E-state index in [0.29, 0.717) is 5.56 Å². The van der Waals surface area contributed by atoms with Crippen molar-refractivity contribution in [1.82, 2.24) is 5.32 Å². The maximum absolute atomic E-state index is 12.5. The number of aliphatic carboxylic acids is 1. The van der Waals surface area contributed by atoms with Crippen molar-refractivity contribution in [2.75, 3.05) is 6.61 Å². The second-order valence-corrected chi connectivity index (χ2v) is 8.49. The molecule has 1 unspecified atom stereocenters. The Balaban J connectivity index is 1.51. The average molecular weight is 513 g/mol. The van der Waals surface area contributed by atoms with Gasteiger partial charge in [-0.25, -0.2) is 9.59 Å². The van der Waals surface area contributed by atoms with E-state index < -0.39 is 18.1 Å². The number of carboxylic acids is 1.